The lowest BCUT2D eigenvalue weighted by Gasteiger charge is -2.27. The zero-order valence-corrected chi connectivity index (χ0v) is 10.8. The Morgan fingerprint density at radius 2 is 2.00 bits per heavy atom. The summed E-state index contributed by atoms with van der Waals surface area (Å²) >= 11 is 0. The fourth-order valence-electron chi connectivity index (χ4n) is 1.31. The molecule has 1 N–H and O–H groups in total. The average molecular weight is 216 g/mol. The topological polar surface area (TPSA) is 41.6 Å². The van der Waals surface area contributed by atoms with Crippen LogP contribution in [0, 0.1) is 0 Å². The van der Waals surface area contributed by atoms with Gasteiger partial charge in [0.25, 0.3) is 0 Å². The Labute approximate surface area is 93.0 Å². The van der Waals surface area contributed by atoms with E-state index in [-0.39, 0.29) is 17.6 Å². The van der Waals surface area contributed by atoms with Crippen LogP contribution in [0.25, 0.3) is 0 Å². The molecule has 0 aromatic carbocycles. The molecular formula is C11H24N2O2. The number of amides is 1. The Kier molecular flexibility index (Phi) is 5.83. The van der Waals surface area contributed by atoms with Crippen LogP contribution in [0.2, 0.25) is 0 Å². The summed E-state index contributed by atoms with van der Waals surface area (Å²) in [4.78, 5) is 12.9. The van der Waals surface area contributed by atoms with Crippen molar-refractivity contribution in [2.45, 2.75) is 38.8 Å². The van der Waals surface area contributed by atoms with Gasteiger partial charge in [0.2, 0.25) is 5.91 Å². The van der Waals surface area contributed by atoms with Gasteiger partial charge < -0.3 is 15.0 Å². The molecule has 0 aliphatic rings. The monoisotopic (exact) mass is 216 g/mol. The second kappa shape index (κ2) is 6.08. The minimum absolute atomic E-state index is 0.0945. The van der Waals surface area contributed by atoms with Gasteiger partial charge in [-0.25, -0.2) is 0 Å². The third-order valence-electron chi connectivity index (χ3n) is 2.45. The summed E-state index contributed by atoms with van der Waals surface area (Å²) in [7, 11) is 5.22. The van der Waals surface area contributed by atoms with Crippen molar-refractivity contribution in [3.63, 3.8) is 0 Å². The van der Waals surface area contributed by atoms with E-state index in [1.54, 1.807) is 26.1 Å². The van der Waals surface area contributed by atoms with Crippen molar-refractivity contribution in [3.8, 4) is 0 Å². The second-order valence-electron chi connectivity index (χ2n) is 4.74. The van der Waals surface area contributed by atoms with Crippen molar-refractivity contribution in [2.24, 2.45) is 0 Å². The van der Waals surface area contributed by atoms with Crippen molar-refractivity contribution in [1.82, 2.24) is 10.2 Å². The molecule has 4 heteroatoms. The van der Waals surface area contributed by atoms with Crippen LogP contribution in [0.1, 0.15) is 27.2 Å². The van der Waals surface area contributed by atoms with Gasteiger partial charge in [0.1, 0.15) is 0 Å². The molecule has 0 aromatic heterocycles. The molecule has 1 atom stereocenters. The molecule has 15 heavy (non-hydrogen) atoms. The Balaban J connectivity index is 3.85. The fourth-order valence-corrected chi connectivity index (χ4v) is 1.31. The summed E-state index contributed by atoms with van der Waals surface area (Å²) in [6.07, 6.45) is 0.879. The Morgan fingerprint density at radius 1 is 1.47 bits per heavy atom. The maximum Gasteiger partial charge on any atom is 0.236 e. The van der Waals surface area contributed by atoms with Crippen molar-refractivity contribution >= 4 is 5.91 Å². The number of nitrogens with one attached hydrogen (secondary N) is 1. The van der Waals surface area contributed by atoms with E-state index in [0.29, 0.717) is 6.54 Å². The molecule has 0 saturated heterocycles. The predicted molar refractivity (Wildman–Crippen MR) is 61.9 cm³/mol. The lowest BCUT2D eigenvalue weighted by Crippen LogP contribution is -2.41. The maximum absolute atomic E-state index is 11.3. The summed E-state index contributed by atoms with van der Waals surface area (Å²) in [5.41, 5.74) is -0.145. The first kappa shape index (κ1) is 14.4. The van der Waals surface area contributed by atoms with Crippen molar-refractivity contribution in [2.75, 3.05) is 27.7 Å². The first-order valence-corrected chi connectivity index (χ1v) is 5.27. The van der Waals surface area contributed by atoms with Crippen LogP contribution in [0.5, 0.6) is 0 Å². The molecule has 0 spiro atoms. The van der Waals surface area contributed by atoms with Crippen molar-refractivity contribution in [1.29, 1.82) is 0 Å². The quantitative estimate of drug-likeness (QED) is 0.716. The highest BCUT2D eigenvalue weighted by Gasteiger charge is 2.20. The van der Waals surface area contributed by atoms with Crippen LogP contribution in [-0.4, -0.2) is 50.2 Å². The van der Waals surface area contributed by atoms with Gasteiger partial charge >= 0.3 is 0 Å². The molecule has 4 nitrogen and oxygen atoms in total. The van der Waals surface area contributed by atoms with Crippen molar-refractivity contribution in [3.05, 3.63) is 0 Å². The minimum Gasteiger partial charge on any atom is -0.379 e. The highest BCUT2D eigenvalue weighted by molar-refractivity contribution is 5.77. The lowest BCUT2D eigenvalue weighted by atomic mass is 10.00. The molecular weight excluding hydrogens is 192 g/mol. The number of ether oxygens (including phenoxy) is 1. The highest BCUT2D eigenvalue weighted by atomic mass is 16.5. The van der Waals surface area contributed by atoms with Crippen LogP contribution < -0.4 is 5.32 Å². The third kappa shape index (κ3) is 6.47. The number of methoxy groups -OCH3 is 1. The van der Waals surface area contributed by atoms with E-state index in [2.05, 4.69) is 12.2 Å². The summed E-state index contributed by atoms with van der Waals surface area (Å²) in [5, 5.41) is 3.18. The summed E-state index contributed by atoms with van der Waals surface area (Å²) in [5.74, 6) is 0.0945. The molecule has 0 aliphatic carbocycles. The van der Waals surface area contributed by atoms with Gasteiger partial charge in [0.05, 0.1) is 12.1 Å². The molecule has 0 saturated carbocycles. The third-order valence-corrected chi connectivity index (χ3v) is 2.45. The van der Waals surface area contributed by atoms with E-state index < -0.39 is 0 Å². The smallest absolute Gasteiger partial charge is 0.236 e. The molecule has 0 heterocycles. The molecule has 0 aromatic rings. The number of nitrogens with zero attached hydrogens (tertiary/aromatic N) is 1. The average Bonchev–Trinajstić information content (AvgIpc) is 2.13. The number of carbonyl (C=O) groups is 1. The summed E-state index contributed by atoms with van der Waals surface area (Å²) in [6, 6.07) is 0.267. The Bertz CT molecular complexity index is 203. The number of likely N-dealkylation sites (N-methyl/N-ethyl adjacent to an activating group) is 1. The Hall–Kier alpha value is -0.610. The van der Waals surface area contributed by atoms with E-state index in [4.69, 9.17) is 4.74 Å². The van der Waals surface area contributed by atoms with E-state index >= 15 is 0 Å². The first-order chi connectivity index (χ1) is 6.78. The largest absolute Gasteiger partial charge is 0.379 e. The molecule has 0 radical (unpaired) electrons. The standard InChI is InChI=1S/C11H24N2O2/c1-9(7-11(2,3)15-6)12-8-10(14)13(4)5/h9,12H,7-8H2,1-6H3/t9-/m1/s1. The van der Waals surface area contributed by atoms with Gasteiger partial charge in [-0.05, 0) is 27.2 Å². The fraction of sp³-hybridized carbons (Fsp3) is 0.909. The van der Waals surface area contributed by atoms with Crippen LogP contribution in [-0.2, 0) is 9.53 Å². The van der Waals surface area contributed by atoms with Gasteiger partial charge in [-0.15, -0.1) is 0 Å². The maximum atomic E-state index is 11.3. The van der Waals surface area contributed by atoms with E-state index in [9.17, 15) is 4.79 Å². The molecule has 0 aliphatic heterocycles. The lowest BCUT2D eigenvalue weighted by molar-refractivity contribution is -0.127. The Morgan fingerprint density at radius 3 is 2.40 bits per heavy atom. The van der Waals surface area contributed by atoms with Crippen LogP contribution in [0.15, 0.2) is 0 Å². The van der Waals surface area contributed by atoms with Crippen LogP contribution >= 0.6 is 0 Å². The molecule has 0 unspecified atom stereocenters. The molecule has 0 fully saturated rings. The van der Waals surface area contributed by atoms with Gasteiger partial charge in [0, 0.05) is 27.2 Å². The van der Waals surface area contributed by atoms with Gasteiger partial charge in [0.15, 0.2) is 0 Å². The minimum atomic E-state index is -0.145. The SMILES string of the molecule is COC(C)(C)C[C@@H](C)NCC(=O)N(C)C. The second-order valence-corrected chi connectivity index (χ2v) is 4.74. The van der Waals surface area contributed by atoms with E-state index in [1.807, 2.05) is 13.8 Å². The molecule has 1 amide bonds. The molecule has 90 valence electrons. The van der Waals surface area contributed by atoms with E-state index in [0.717, 1.165) is 6.42 Å². The first-order valence-electron chi connectivity index (χ1n) is 5.27. The van der Waals surface area contributed by atoms with Crippen molar-refractivity contribution < 1.29 is 9.53 Å². The highest BCUT2D eigenvalue weighted by Crippen LogP contribution is 2.14. The zero-order chi connectivity index (χ0) is 12.1. The van der Waals surface area contributed by atoms with Gasteiger partial charge in [-0.2, -0.15) is 0 Å². The predicted octanol–water partition coefficient (Wildman–Crippen LogP) is 0.868. The zero-order valence-electron chi connectivity index (χ0n) is 10.8. The molecule has 0 bridgehead atoms. The van der Waals surface area contributed by atoms with Crippen LogP contribution in [0.3, 0.4) is 0 Å². The number of carbonyl (C=O) groups excluding carboxylic acids is 1. The summed E-state index contributed by atoms with van der Waals surface area (Å²) in [6.45, 7) is 6.52. The number of hydrogen-bond acceptors (Lipinski definition) is 3. The van der Waals surface area contributed by atoms with Crippen LogP contribution in [0.4, 0.5) is 0 Å². The molecule has 0 rings (SSSR count). The van der Waals surface area contributed by atoms with Gasteiger partial charge in [-0.3, -0.25) is 4.79 Å². The normalized spacial score (nSPS) is 13.7. The van der Waals surface area contributed by atoms with E-state index in [1.165, 1.54) is 0 Å². The number of rotatable bonds is 6. The summed E-state index contributed by atoms with van der Waals surface area (Å²) < 4.78 is 5.33. The number of hydrogen-bond donors (Lipinski definition) is 1. The van der Waals surface area contributed by atoms with Gasteiger partial charge in [-0.1, -0.05) is 0 Å².